The number of imidazole rings is 1. The number of thioether (sulfide) groups is 1. The number of methoxy groups -OCH3 is 2. The van der Waals surface area contributed by atoms with E-state index in [9.17, 15) is 4.79 Å². The number of aromatic nitrogens is 2. The SMILES string of the molecule is COCCN(CCOC)C(=O)c1cccc(CSc2nccn2C)c1. The average Bonchev–Trinajstić information content (AvgIpc) is 3.05. The minimum Gasteiger partial charge on any atom is -0.383 e. The molecule has 0 saturated heterocycles. The fraction of sp³-hybridized carbons (Fsp3) is 0.444. The van der Waals surface area contributed by atoms with Crippen LogP contribution in [0.3, 0.4) is 0 Å². The highest BCUT2D eigenvalue weighted by molar-refractivity contribution is 7.98. The molecule has 0 spiro atoms. The molecular weight excluding hydrogens is 338 g/mol. The van der Waals surface area contributed by atoms with E-state index in [1.54, 1.807) is 37.1 Å². The fourth-order valence-corrected chi connectivity index (χ4v) is 3.21. The van der Waals surface area contributed by atoms with E-state index < -0.39 is 0 Å². The van der Waals surface area contributed by atoms with Crippen LogP contribution in [0.4, 0.5) is 0 Å². The topological polar surface area (TPSA) is 56.6 Å². The second-order valence-corrected chi connectivity index (χ2v) is 6.53. The first-order valence-electron chi connectivity index (χ1n) is 8.12. The summed E-state index contributed by atoms with van der Waals surface area (Å²) >= 11 is 1.65. The number of nitrogens with zero attached hydrogens (tertiary/aromatic N) is 3. The van der Waals surface area contributed by atoms with Crippen molar-refractivity contribution in [3.05, 3.63) is 47.8 Å². The zero-order valence-corrected chi connectivity index (χ0v) is 15.8. The van der Waals surface area contributed by atoms with E-state index in [-0.39, 0.29) is 5.91 Å². The van der Waals surface area contributed by atoms with Gasteiger partial charge >= 0.3 is 0 Å². The molecule has 2 aromatic rings. The van der Waals surface area contributed by atoms with E-state index in [0.717, 1.165) is 16.5 Å². The molecule has 0 unspecified atom stereocenters. The van der Waals surface area contributed by atoms with Crippen LogP contribution in [-0.4, -0.2) is 60.9 Å². The molecule has 0 aliphatic rings. The first kappa shape index (κ1) is 19.5. The number of amides is 1. The smallest absolute Gasteiger partial charge is 0.254 e. The van der Waals surface area contributed by atoms with Crippen LogP contribution in [0.15, 0.2) is 41.8 Å². The third-order valence-electron chi connectivity index (χ3n) is 3.74. The molecule has 0 radical (unpaired) electrons. The molecular formula is C18H25N3O3S. The van der Waals surface area contributed by atoms with Gasteiger partial charge in [0, 0.05) is 58.1 Å². The number of carbonyl (C=O) groups is 1. The highest BCUT2D eigenvalue weighted by Gasteiger charge is 2.15. The molecule has 0 fully saturated rings. The Labute approximate surface area is 153 Å². The lowest BCUT2D eigenvalue weighted by Crippen LogP contribution is -2.36. The molecule has 1 aromatic heterocycles. The maximum absolute atomic E-state index is 12.8. The van der Waals surface area contributed by atoms with E-state index in [0.29, 0.717) is 31.9 Å². The number of rotatable bonds is 10. The van der Waals surface area contributed by atoms with E-state index in [2.05, 4.69) is 4.98 Å². The van der Waals surface area contributed by atoms with E-state index in [1.807, 2.05) is 42.1 Å². The standard InChI is InChI=1S/C18H25N3O3S/c1-20-8-7-19-18(20)25-14-15-5-4-6-16(13-15)17(22)21(9-11-23-2)10-12-24-3/h4-8,13H,9-12,14H2,1-3H3. The molecule has 1 heterocycles. The molecule has 1 amide bonds. The molecule has 0 aliphatic carbocycles. The van der Waals surface area contributed by atoms with Crippen molar-refractivity contribution in [1.29, 1.82) is 0 Å². The largest absolute Gasteiger partial charge is 0.383 e. The number of ether oxygens (including phenoxy) is 2. The summed E-state index contributed by atoms with van der Waals surface area (Å²) in [4.78, 5) is 18.9. The van der Waals surface area contributed by atoms with E-state index in [4.69, 9.17) is 9.47 Å². The Hall–Kier alpha value is -1.83. The number of hydrogen-bond donors (Lipinski definition) is 0. The predicted octanol–water partition coefficient (Wildman–Crippen LogP) is 2.45. The summed E-state index contributed by atoms with van der Waals surface area (Å²) in [5.74, 6) is 0.764. The summed E-state index contributed by atoms with van der Waals surface area (Å²) in [6.45, 7) is 2.10. The minimum absolute atomic E-state index is 0.00191. The Morgan fingerprint density at radius 2 is 1.96 bits per heavy atom. The van der Waals surface area contributed by atoms with E-state index in [1.165, 1.54) is 0 Å². The molecule has 7 heteroatoms. The summed E-state index contributed by atoms with van der Waals surface area (Å²) in [7, 11) is 5.24. The van der Waals surface area contributed by atoms with Gasteiger partial charge in [0.15, 0.2) is 5.16 Å². The Bertz CT molecular complexity index is 667. The van der Waals surface area contributed by atoms with Gasteiger partial charge in [0.05, 0.1) is 13.2 Å². The zero-order valence-electron chi connectivity index (χ0n) is 15.0. The quantitative estimate of drug-likeness (QED) is 0.607. The van der Waals surface area contributed by atoms with Crippen LogP contribution >= 0.6 is 11.8 Å². The van der Waals surface area contributed by atoms with Crippen LogP contribution < -0.4 is 0 Å². The summed E-state index contributed by atoms with van der Waals surface area (Å²) in [5, 5.41) is 0.957. The van der Waals surface area contributed by atoms with Gasteiger partial charge in [-0.25, -0.2) is 4.98 Å². The highest BCUT2D eigenvalue weighted by atomic mass is 32.2. The van der Waals surface area contributed by atoms with Crippen molar-refractivity contribution in [2.45, 2.75) is 10.9 Å². The van der Waals surface area contributed by atoms with Gasteiger partial charge in [0.1, 0.15) is 0 Å². The molecule has 0 bridgehead atoms. The van der Waals surface area contributed by atoms with Crippen molar-refractivity contribution in [2.75, 3.05) is 40.5 Å². The van der Waals surface area contributed by atoms with Crippen LogP contribution in [0.2, 0.25) is 0 Å². The van der Waals surface area contributed by atoms with Crippen molar-refractivity contribution in [2.24, 2.45) is 7.05 Å². The lowest BCUT2D eigenvalue weighted by Gasteiger charge is -2.22. The van der Waals surface area contributed by atoms with Crippen molar-refractivity contribution in [1.82, 2.24) is 14.5 Å². The second kappa shape index (κ2) is 10.2. The number of carbonyl (C=O) groups excluding carboxylic acids is 1. The molecule has 0 N–H and O–H groups in total. The van der Waals surface area contributed by atoms with Crippen LogP contribution in [0.1, 0.15) is 15.9 Å². The van der Waals surface area contributed by atoms with Crippen LogP contribution in [0, 0.1) is 0 Å². The third kappa shape index (κ3) is 5.88. The van der Waals surface area contributed by atoms with Gasteiger partial charge in [-0.05, 0) is 17.7 Å². The van der Waals surface area contributed by atoms with Gasteiger partial charge < -0.3 is 18.9 Å². The molecule has 2 rings (SSSR count). The predicted molar refractivity (Wildman–Crippen MR) is 98.9 cm³/mol. The lowest BCUT2D eigenvalue weighted by molar-refractivity contribution is 0.0627. The number of benzene rings is 1. The molecule has 0 aliphatic heterocycles. The van der Waals surface area contributed by atoms with E-state index >= 15 is 0 Å². The van der Waals surface area contributed by atoms with Crippen LogP contribution in [-0.2, 0) is 22.3 Å². The summed E-state index contributed by atoms with van der Waals surface area (Å²) < 4.78 is 12.2. The van der Waals surface area contributed by atoms with Gasteiger partial charge in [-0.3, -0.25) is 4.79 Å². The summed E-state index contributed by atoms with van der Waals surface area (Å²) in [6, 6.07) is 7.75. The Morgan fingerprint density at radius 3 is 2.56 bits per heavy atom. The molecule has 1 aromatic carbocycles. The van der Waals surface area contributed by atoms with Crippen molar-refractivity contribution in [3.63, 3.8) is 0 Å². The Kier molecular flexibility index (Phi) is 7.97. The maximum Gasteiger partial charge on any atom is 0.254 e. The van der Waals surface area contributed by atoms with Gasteiger partial charge in [0.25, 0.3) is 5.91 Å². The minimum atomic E-state index is -0.00191. The van der Waals surface area contributed by atoms with Gasteiger partial charge in [-0.2, -0.15) is 0 Å². The Morgan fingerprint density at radius 1 is 1.24 bits per heavy atom. The highest BCUT2D eigenvalue weighted by Crippen LogP contribution is 2.21. The normalized spacial score (nSPS) is 10.8. The molecule has 25 heavy (non-hydrogen) atoms. The first-order chi connectivity index (χ1) is 12.2. The molecule has 0 saturated carbocycles. The number of hydrogen-bond acceptors (Lipinski definition) is 5. The zero-order chi connectivity index (χ0) is 18.1. The van der Waals surface area contributed by atoms with Crippen LogP contribution in [0.25, 0.3) is 0 Å². The average molecular weight is 363 g/mol. The van der Waals surface area contributed by atoms with Gasteiger partial charge in [-0.1, -0.05) is 23.9 Å². The maximum atomic E-state index is 12.8. The Balaban J connectivity index is 2.04. The number of aryl methyl sites for hydroxylation is 1. The van der Waals surface area contributed by atoms with Crippen molar-refractivity contribution < 1.29 is 14.3 Å². The third-order valence-corrected chi connectivity index (χ3v) is 4.87. The fourth-order valence-electron chi connectivity index (χ4n) is 2.33. The van der Waals surface area contributed by atoms with Crippen molar-refractivity contribution in [3.8, 4) is 0 Å². The molecule has 0 atom stereocenters. The summed E-state index contributed by atoms with van der Waals surface area (Å²) in [5.41, 5.74) is 1.78. The van der Waals surface area contributed by atoms with Gasteiger partial charge in [-0.15, -0.1) is 0 Å². The molecule has 136 valence electrons. The van der Waals surface area contributed by atoms with Crippen molar-refractivity contribution >= 4 is 17.7 Å². The second-order valence-electron chi connectivity index (χ2n) is 5.59. The monoisotopic (exact) mass is 363 g/mol. The summed E-state index contributed by atoms with van der Waals surface area (Å²) in [6.07, 6.45) is 3.71. The van der Waals surface area contributed by atoms with Crippen LogP contribution in [0.5, 0.6) is 0 Å². The lowest BCUT2D eigenvalue weighted by atomic mass is 10.1. The first-order valence-corrected chi connectivity index (χ1v) is 9.10. The van der Waals surface area contributed by atoms with Gasteiger partial charge in [0.2, 0.25) is 0 Å². The molecule has 6 nitrogen and oxygen atoms in total.